The van der Waals surface area contributed by atoms with E-state index in [0.29, 0.717) is 68.1 Å². The lowest BCUT2D eigenvalue weighted by Crippen LogP contribution is -2.60. The Balaban J connectivity index is 1.38. The van der Waals surface area contributed by atoms with E-state index in [1.165, 1.54) is 0 Å². The zero-order chi connectivity index (χ0) is 30.2. The predicted octanol–water partition coefficient (Wildman–Crippen LogP) is 4.93. The molecule has 5 atom stereocenters. The minimum Gasteiger partial charge on any atom is -0.356 e. The summed E-state index contributed by atoms with van der Waals surface area (Å²) in [7, 11) is -3.78. The van der Waals surface area contributed by atoms with E-state index in [4.69, 9.17) is 4.52 Å². The first-order valence-corrected chi connectivity index (χ1v) is 17.0. The average molecular weight is 599 g/mol. The highest BCUT2D eigenvalue weighted by molar-refractivity contribution is 7.89. The van der Waals surface area contributed by atoms with Gasteiger partial charge in [0, 0.05) is 56.2 Å². The number of carbonyl (C=O) groups is 2. The second-order valence-electron chi connectivity index (χ2n) is 13.3. The molecule has 0 spiro atoms. The van der Waals surface area contributed by atoms with E-state index in [0.717, 1.165) is 25.0 Å². The summed E-state index contributed by atoms with van der Waals surface area (Å²) in [6.45, 7) is 11.4. The highest BCUT2D eigenvalue weighted by atomic mass is 32.2. The first kappa shape index (κ1) is 30.7. The molecule has 9 nitrogen and oxygen atoms in total. The Labute approximate surface area is 250 Å². The molecule has 0 unspecified atom stereocenters. The van der Waals surface area contributed by atoms with Gasteiger partial charge in [-0.25, -0.2) is 8.42 Å². The summed E-state index contributed by atoms with van der Waals surface area (Å²) >= 11 is 0. The number of rotatable bonds is 4. The van der Waals surface area contributed by atoms with Crippen molar-refractivity contribution in [2.45, 2.75) is 96.5 Å². The molecular formula is C32H46N4O5S. The smallest absolute Gasteiger partial charge is 0.243 e. The van der Waals surface area contributed by atoms with E-state index in [1.54, 1.807) is 16.4 Å². The number of fused-ring (bicyclic) bond motifs is 4. The number of hydrogen-bond acceptors (Lipinski definition) is 6. The van der Waals surface area contributed by atoms with Crippen LogP contribution in [-0.2, 0) is 19.6 Å². The van der Waals surface area contributed by atoms with E-state index in [2.05, 4.69) is 31.2 Å². The quantitative estimate of drug-likeness (QED) is 0.534. The van der Waals surface area contributed by atoms with Crippen LogP contribution in [0.1, 0.15) is 77.0 Å². The van der Waals surface area contributed by atoms with Crippen LogP contribution < -0.4 is 5.32 Å². The number of sulfonamides is 1. The molecule has 10 heteroatoms. The molecule has 1 N–H and O–H groups in total. The third-order valence-electron chi connectivity index (χ3n) is 9.52. The van der Waals surface area contributed by atoms with Crippen LogP contribution in [-0.4, -0.2) is 66.3 Å². The van der Waals surface area contributed by atoms with Gasteiger partial charge in [0.25, 0.3) is 0 Å². The molecule has 2 aromatic rings. The number of aromatic nitrogens is 1. The Morgan fingerprint density at radius 3 is 2.55 bits per heavy atom. The van der Waals surface area contributed by atoms with E-state index < -0.39 is 10.0 Å². The maximum atomic E-state index is 14.1. The van der Waals surface area contributed by atoms with Gasteiger partial charge in [-0.15, -0.1) is 0 Å². The van der Waals surface area contributed by atoms with Gasteiger partial charge < -0.3 is 14.7 Å². The number of piperidine rings is 2. The summed E-state index contributed by atoms with van der Waals surface area (Å²) in [6, 6.07) is 7.21. The minimum absolute atomic E-state index is 0.0311. The fourth-order valence-corrected chi connectivity index (χ4v) is 8.95. The molecular weight excluding hydrogens is 552 g/mol. The van der Waals surface area contributed by atoms with Crippen molar-refractivity contribution in [1.29, 1.82) is 0 Å². The normalized spacial score (nSPS) is 28.4. The molecule has 3 saturated heterocycles. The highest BCUT2D eigenvalue weighted by Crippen LogP contribution is 2.39. The molecule has 0 radical (unpaired) electrons. The molecule has 1 aromatic carbocycles. The molecule has 3 aliphatic rings. The Bertz CT molecular complexity index is 1400. The Kier molecular flexibility index (Phi) is 9.13. The van der Waals surface area contributed by atoms with Gasteiger partial charge in [0.2, 0.25) is 21.8 Å². The molecule has 1 aromatic heterocycles. The van der Waals surface area contributed by atoms with E-state index in [1.807, 2.05) is 30.9 Å². The molecule has 230 valence electrons. The molecule has 42 heavy (non-hydrogen) atoms. The standard InChI is InChI=1S/C32H46N4O5S/c1-20(2)27-12-9-21(3)13-32(38)36-18-24-15-26(28(36)7-6-8-31(37)33-27)19-35(17-24)42(39,40)30-16-25(11-10-22(30)4)29-14-23(5)34-41-29/h10-11,14,16,20-21,24,26-28H,6-9,12-13,15,17-19H2,1-5H3,(H,33,37)/t21-,24+,26+,27+,28+/m1/s1. The van der Waals surface area contributed by atoms with Gasteiger partial charge >= 0.3 is 0 Å². The lowest BCUT2D eigenvalue weighted by atomic mass is 9.78. The number of aryl methyl sites for hydroxylation is 2. The Hall–Kier alpha value is -2.72. The van der Waals surface area contributed by atoms with Gasteiger partial charge in [0.1, 0.15) is 0 Å². The number of carbonyl (C=O) groups excluding carboxylic acids is 2. The van der Waals surface area contributed by atoms with Crippen molar-refractivity contribution in [3.8, 4) is 11.3 Å². The van der Waals surface area contributed by atoms with Crippen molar-refractivity contribution in [1.82, 2.24) is 19.7 Å². The van der Waals surface area contributed by atoms with Crippen LogP contribution in [0.2, 0.25) is 0 Å². The Morgan fingerprint density at radius 1 is 1.05 bits per heavy atom. The van der Waals surface area contributed by atoms with Crippen LogP contribution in [0.15, 0.2) is 33.7 Å². The summed E-state index contributed by atoms with van der Waals surface area (Å²) < 4.78 is 35.3. The molecule has 2 bridgehead atoms. The number of benzene rings is 1. The van der Waals surface area contributed by atoms with Crippen molar-refractivity contribution in [2.24, 2.45) is 23.7 Å². The maximum absolute atomic E-state index is 14.1. The summed E-state index contributed by atoms with van der Waals surface area (Å²) in [5.74, 6) is 1.45. The predicted molar refractivity (Wildman–Crippen MR) is 161 cm³/mol. The van der Waals surface area contributed by atoms with E-state index >= 15 is 0 Å². The first-order valence-electron chi connectivity index (χ1n) is 15.6. The molecule has 0 saturated carbocycles. The largest absolute Gasteiger partial charge is 0.356 e. The fraction of sp³-hybridized carbons (Fsp3) is 0.656. The summed E-state index contributed by atoms with van der Waals surface area (Å²) in [5.41, 5.74) is 2.09. The average Bonchev–Trinajstić information content (AvgIpc) is 3.37. The zero-order valence-corrected chi connectivity index (χ0v) is 26.5. The van der Waals surface area contributed by atoms with Crippen molar-refractivity contribution < 1.29 is 22.5 Å². The SMILES string of the molecule is Cc1cc(-c2ccc(C)c(S(=O)(=O)N3C[C@@H]4C[C@@H](C3)[C@@H]3CCCC(=O)N[C@H](C(C)C)CC[C@@H](C)CC(=O)N3C4)c2)on1. The zero-order valence-electron chi connectivity index (χ0n) is 25.6. The third-order valence-corrected chi connectivity index (χ3v) is 11.5. The molecule has 0 aliphatic carbocycles. The van der Waals surface area contributed by atoms with Crippen LogP contribution in [0.5, 0.6) is 0 Å². The van der Waals surface area contributed by atoms with Crippen molar-refractivity contribution in [3.63, 3.8) is 0 Å². The number of amides is 2. The van der Waals surface area contributed by atoms with E-state index in [-0.39, 0.29) is 46.5 Å². The lowest BCUT2D eigenvalue weighted by molar-refractivity contribution is -0.141. The van der Waals surface area contributed by atoms with Gasteiger partial charge in [0.05, 0.1) is 10.6 Å². The second-order valence-corrected chi connectivity index (χ2v) is 15.2. The van der Waals surface area contributed by atoms with Gasteiger partial charge in [0.15, 0.2) is 5.76 Å². The summed E-state index contributed by atoms with van der Waals surface area (Å²) in [4.78, 5) is 28.9. The van der Waals surface area contributed by atoms with Gasteiger partial charge in [-0.3, -0.25) is 9.59 Å². The molecule has 3 aliphatic heterocycles. The van der Waals surface area contributed by atoms with Crippen LogP contribution >= 0.6 is 0 Å². The number of hydrogen-bond donors (Lipinski definition) is 1. The highest BCUT2D eigenvalue weighted by Gasteiger charge is 2.45. The topological polar surface area (TPSA) is 113 Å². The molecule has 3 fully saturated rings. The van der Waals surface area contributed by atoms with Gasteiger partial charge in [-0.05, 0) is 81.3 Å². The number of nitrogens with zero attached hydrogens (tertiary/aromatic N) is 3. The molecule has 5 rings (SSSR count). The fourth-order valence-electron chi connectivity index (χ4n) is 7.13. The van der Waals surface area contributed by atoms with E-state index in [9.17, 15) is 18.0 Å². The molecule has 4 heterocycles. The first-order chi connectivity index (χ1) is 19.9. The maximum Gasteiger partial charge on any atom is 0.243 e. The van der Waals surface area contributed by atoms with Crippen molar-refractivity contribution in [2.75, 3.05) is 19.6 Å². The monoisotopic (exact) mass is 598 g/mol. The van der Waals surface area contributed by atoms with Crippen LogP contribution in [0.25, 0.3) is 11.3 Å². The second kappa shape index (κ2) is 12.5. The Morgan fingerprint density at radius 2 is 1.83 bits per heavy atom. The van der Waals surface area contributed by atoms with Crippen molar-refractivity contribution in [3.05, 3.63) is 35.5 Å². The van der Waals surface area contributed by atoms with Gasteiger partial charge in [-0.1, -0.05) is 38.1 Å². The van der Waals surface area contributed by atoms with Crippen LogP contribution in [0, 0.1) is 37.5 Å². The van der Waals surface area contributed by atoms with Gasteiger partial charge in [-0.2, -0.15) is 4.31 Å². The third kappa shape index (κ3) is 6.59. The lowest BCUT2D eigenvalue weighted by Gasteiger charge is -2.50. The summed E-state index contributed by atoms with van der Waals surface area (Å²) in [6.07, 6.45) is 4.94. The summed E-state index contributed by atoms with van der Waals surface area (Å²) in [5, 5.41) is 7.19. The molecule has 2 amide bonds. The minimum atomic E-state index is -3.78. The van der Waals surface area contributed by atoms with Crippen LogP contribution in [0.4, 0.5) is 0 Å². The van der Waals surface area contributed by atoms with Crippen LogP contribution in [0.3, 0.4) is 0 Å². The number of nitrogens with one attached hydrogen (secondary N) is 1. The van der Waals surface area contributed by atoms with Crippen molar-refractivity contribution >= 4 is 21.8 Å².